The third-order valence-corrected chi connectivity index (χ3v) is 4.21. The first kappa shape index (κ1) is 15.6. The summed E-state index contributed by atoms with van der Waals surface area (Å²) in [5.74, 6) is 1.09. The van der Waals surface area contributed by atoms with Gasteiger partial charge in [-0.3, -0.25) is 0 Å². The lowest BCUT2D eigenvalue weighted by Crippen LogP contribution is -2.38. The number of fused-ring (bicyclic) bond motifs is 2. The molecular formula is C18H17NO6. The second-order valence-electron chi connectivity index (χ2n) is 6.41. The van der Waals surface area contributed by atoms with Gasteiger partial charge in [-0.2, -0.15) is 0 Å². The number of aliphatic carboxylic acids is 1. The van der Waals surface area contributed by atoms with E-state index in [1.165, 1.54) is 13.8 Å². The number of carbonyl (C=O) groups is 1. The van der Waals surface area contributed by atoms with E-state index in [1.54, 1.807) is 12.3 Å². The molecular weight excluding hydrogens is 326 g/mol. The molecule has 1 aromatic heterocycles. The molecule has 7 heteroatoms. The zero-order valence-corrected chi connectivity index (χ0v) is 13.9. The molecule has 0 bridgehead atoms. The highest BCUT2D eigenvalue weighted by atomic mass is 16.7. The van der Waals surface area contributed by atoms with Crippen molar-refractivity contribution in [2.45, 2.75) is 25.9 Å². The van der Waals surface area contributed by atoms with E-state index < -0.39 is 11.6 Å². The van der Waals surface area contributed by atoms with Crippen LogP contribution in [0, 0.1) is 0 Å². The summed E-state index contributed by atoms with van der Waals surface area (Å²) in [5, 5.41) is 9.38. The molecule has 1 N–H and O–H groups in total. The number of rotatable bonds is 4. The Morgan fingerprint density at radius 2 is 2.04 bits per heavy atom. The van der Waals surface area contributed by atoms with E-state index in [4.69, 9.17) is 18.9 Å². The highest BCUT2D eigenvalue weighted by molar-refractivity contribution is 5.79. The summed E-state index contributed by atoms with van der Waals surface area (Å²) >= 11 is 0. The lowest BCUT2D eigenvalue weighted by molar-refractivity contribution is -0.152. The van der Waals surface area contributed by atoms with Gasteiger partial charge >= 0.3 is 5.97 Å². The van der Waals surface area contributed by atoms with E-state index in [9.17, 15) is 9.90 Å². The van der Waals surface area contributed by atoms with Gasteiger partial charge in [-0.15, -0.1) is 0 Å². The van der Waals surface area contributed by atoms with Crippen LogP contribution in [-0.2, 0) is 11.2 Å². The van der Waals surface area contributed by atoms with Crippen LogP contribution in [-0.4, -0.2) is 35.1 Å². The van der Waals surface area contributed by atoms with E-state index in [2.05, 4.69) is 4.98 Å². The third kappa shape index (κ3) is 2.71. The Balaban J connectivity index is 1.81. The maximum absolute atomic E-state index is 11.5. The average Bonchev–Trinajstić information content (AvgIpc) is 3.21. The highest BCUT2D eigenvalue weighted by Crippen LogP contribution is 2.42. The van der Waals surface area contributed by atoms with E-state index in [-0.39, 0.29) is 6.79 Å². The number of carboxylic acid groups (broad SMARTS) is 1. The molecule has 2 aliphatic heterocycles. The van der Waals surface area contributed by atoms with E-state index in [0.29, 0.717) is 29.7 Å². The van der Waals surface area contributed by atoms with Crippen LogP contribution < -0.4 is 18.9 Å². The van der Waals surface area contributed by atoms with Crippen LogP contribution in [0.25, 0.3) is 11.1 Å². The minimum atomic E-state index is -1.38. The molecule has 25 heavy (non-hydrogen) atoms. The largest absolute Gasteiger partial charge is 0.493 e. The van der Waals surface area contributed by atoms with Crippen LogP contribution in [0.15, 0.2) is 24.4 Å². The molecule has 0 saturated carbocycles. The Bertz CT molecular complexity index is 861. The Morgan fingerprint density at radius 3 is 2.84 bits per heavy atom. The van der Waals surface area contributed by atoms with Gasteiger partial charge < -0.3 is 24.1 Å². The standard InChI is InChI=1S/C18H17NO6/c1-18(2,17(20)21)25-14-7-13-10(3-4-22-13)5-12(14)11-6-15-16(19-8-11)24-9-23-15/h5-8H,3-4,9H2,1-2H3,(H,20,21). The molecule has 0 aliphatic carbocycles. The number of hydrogen-bond acceptors (Lipinski definition) is 6. The topological polar surface area (TPSA) is 87.1 Å². The van der Waals surface area contributed by atoms with E-state index >= 15 is 0 Å². The molecule has 0 atom stereocenters. The maximum atomic E-state index is 11.5. The smallest absolute Gasteiger partial charge is 0.347 e. The molecule has 0 amide bonds. The van der Waals surface area contributed by atoms with Crippen LogP contribution in [0.2, 0.25) is 0 Å². The monoisotopic (exact) mass is 343 g/mol. The quantitative estimate of drug-likeness (QED) is 0.913. The van der Waals surface area contributed by atoms with Gasteiger partial charge in [0.05, 0.1) is 6.61 Å². The minimum Gasteiger partial charge on any atom is -0.493 e. The van der Waals surface area contributed by atoms with Crippen molar-refractivity contribution in [3.05, 3.63) is 30.0 Å². The number of nitrogens with zero attached hydrogens (tertiary/aromatic N) is 1. The lowest BCUT2D eigenvalue weighted by Gasteiger charge is -2.24. The highest BCUT2D eigenvalue weighted by Gasteiger charge is 2.31. The molecule has 1 aromatic carbocycles. The van der Waals surface area contributed by atoms with Crippen LogP contribution in [0.5, 0.6) is 23.1 Å². The molecule has 3 heterocycles. The van der Waals surface area contributed by atoms with Gasteiger partial charge in [-0.25, -0.2) is 9.78 Å². The van der Waals surface area contributed by atoms with Gasteiger partial charge in [0.25, 0.3) is 5.88 Å². The normalized spacial score (nSPS) is 14.8. The van der Waals surface area contributed by atoms with Crippen molar-refractivity contribution in [3.8, 4) is 34.3 Å². The summed E-state index contributed by atoms with van der Waals surface area (Å²) in [7, 11) is 0. The zero-order valence-electron chi connectivity index (χ0n) is 13.9. The molecule has 2 aromatic rings. The third-order valence-electron chi connectivity index (χ3n) is 4.21. The first-order chi connectivity index (χ1) is 11.9. The number of pyridine rings is 1. The fourth-order valence-corrected chi connectivity index (χ4v) is 2.78. The Labute approximate surface area is 144 Å². The van der Waals surface area contributed by atoms with Gasteiger partial charge in [0.2, 0.25) is 6.79 Å². The van der Waals surface area contributed by atoms with Crippen molar-refractivity contribution in [3.63, 3.8) is 0 Å². The van der Waals surface area contributed by atoms with E-state index in [1.807, 2.05) is 12.1 Å². The second kappa shape index (κ2) is 5.54. The van der Waals surface area contributed by atoms with Gasteiger partial charge in [-0.1, -0.05) is 0 Å². The number of hydrogen-bond donors (Lipinski definition) is 1. The van der Waals surface area contributed by atoms with Crippen molar-refractivity contribution < 1.29 is 28.8 Å². The van der Waals surface area contributed by atoms with Crippen molar-refractivity contribution >= 4 is 5.97 Å². The summed E-state index contributed by atoms with van der Waals surface area (Å²) in [4.78, 5) is 15.7. The first-order valence-corrected chi connectivity index (χ1v) is 7.92. The van der Waals surface area contributed by atoms with Gasteiger partial charge in [0, 0.05) is 29.8 Å². The van der Waals surface area contributed by atoms with Crippen LogP contribution in [0.4, 0.5) is 0 Å². The zero-order chi connectivity index (χ0) is 17.6. The molecule has 0 spiro atoms. The summed E-state index contributed by atoms with van der Waals surface area (Å²) < 4.78 is 22.0. The van der Waals surface area contributed by atoms with Crippen molar-refractivity contribution in [1.29, 1.82) is 0 Å². The van der Waals surface area contributed by atoms with Crippen molar-refractivity contribution in [2.75, 3.05) is 13.4 Å². The minimum absolute atomic E-state index is 0.138. The molecule has 0 saturated heterocycles. The fraction of sp³-hybridized carbons (Fsp3) is 0.333. The van der Waals surface area contributed by atoms with Crippen LogP contribution in [0.3, 0.4) is 0 Å². The molecule has 0 unspecified atom stereocenters. The van der Waals surface area contributed by atoms with Crippen LogP contribution >= 0.6 is 0 Å². The molecule has 4 rings (SSSR count). The predicted molar refractivity (Wildman–Crippen MR) is 87.3 cm³/mol. The Morgan fingerprint density at radius 1 is 1.20 bits per heavy atom. The van der Waals surface area contributed by atoms with Crippen molar-refractivity contribution in [1.82, 2.24) is 4.98 Å². The molecule has 0 fully saturated rings. The second-order valence-corrected chi connectivity index (χ2v) is 6.41. The van der Waals surface area contributed by atoms with Gasteiger partial charge in [0.15, 0.2) is 11.4 Å². The van der Waals surface area contributed by atoms with E-state index in [0.717, 1.165) is 23.1 Å². The average molecular weight is 343 g/mol. The fourth-order valence-electron chi connectivity index (χ4n) is 2.78. The van der Waals surface area contributed by atoms with Gasteiger partial charge in [0.1, 0.15) is 11.5 Å². The van der Waals surface area contributed by atoms with Gasteiger partial charge in [-0.05, 0) is 31.5 Å². The number of aromatic nitrogens is 1. The molecule has 2 aliphatic rings. The SMILES string of the molecule is CC(C)(Oc1cc2c(cc1-c1cnc3c(c1)OCO3)CCO2)C(=O)O. The Kier molecular flexibility index (Phi) is 3.45. The Hall–Kier alpha value is -2.96. The molecule has 130 valence electrons. The van der Waals surface area contributed by atoms with Crippen LogP contribution in [0.1, 0.15) is 19.4 Å². The summed E-state index contributed by atoms with van der Waals surface area (Å²) in [6, 6.07) is 5.51. The molecule has 7 nitrogen and oxygen atoms in total. The molecule has 0 radical (unpaired) electrons. The number of benzene rings is 1. The summed E-state index contributed by atoms with van der Waals surface area (Å²) in [5.41, 5.74) is 1.17. The number of ether oxygens (including phenoxy) is 4. The maximum Gasteiger partial charge on any atom is 0.347 e. The predicted octanol–water partition coefficient (Wildman–Crippen LogP) is 2.65. The van der Waals surface area contributed by atoms with Crippen molar-refractivity contribution in [2.24, 2.45) is 0 Å². The first-order valence-electron chi connectivity index (χ1n) is 7.92. The lowest BCUT2D eigenvalue weighted by atomic mass is 10.0. The summed E-state index contributed by atoms with van der Waals surface area (Å²) in [6.45, 7) is 3.75. The summed E-state index contributed by atoms with van der Waals surface area (Å²) in [6.07, 6.45) is 2.45. The number of carboxylic acids is 1.